The molecule has 2 heterocycles. The lowest BCUT2D eigenvalue weighted by atomic mass is 10.0. The fourth-order valence-corrected chi connectivity index (χ4v) is 3.24. The van der Waals surface area contributed by atoms with Gasteiger partial charge in [-0.2, -0.15) is 5.26 Å². The quantitative estimate of drug-likeness (QED) is 0.427. The number of non-ortho nitro benzene ring substituents is 1. The van der Waals surface area contributed by atoms with Crippen LogP contribution in [-0.2, 0) is 6.42 Å². The van der Waals surface area contributed by atoms with Crippen LogP contribution in [0.25, 0.3) is 16.8 Å². The van der Waals surface area contributed by atoms with Gasteiger partial charge in [-0.1, -0.05) is 12.1 Å². The van der Waals surface area contributed by atoms with Crippen LogP contribution >= 0.6 is 0 Å². The van der Waals surface area contributed by atoms with E-state index in [-0.39, 0.29) is 11.2 Å². The van der Waals surface area contributed by atoms with Gasteiger partial charge in [-0.15, -0.1) is 0 Å². The van der Waals surface area contributed by atoms with Crippen LogP contribution in [0.5, 0.6) is 0 Å². The number of benzene rings is 2. The van der Waals surface area contributed by atoms with Gasteiger partial charge in [0.05, 0.1) is 16.6 Å². The molecule has 4 rings (SSSR count). The highest BCUT2D eigenvalue weighted by molar-refractivity contribution is 5.77. The van der Waals surface area contributed by atoms with E-state index in [9.17, 15) is 14.9 Å². The lowest BCUT2D eigenvalue weighted by molar-refractivity contribution is -0.384. The highest BCUT2D eigenvalue weighted by atomic mass is 16.6. The van der Waals surface area contributed by atoms with Crippen LogP contribution in [0.1, 0.15) is 22.4 Å². The number of rotatable bonds is 4. The average Bonchev–Trinajstić information content (AvgIpc) is 3.15. The van der Waals surface area contributed by atoms with Crippen molar-refractivity contribution in [1.29, 1.82) is 5.26 Å². The molecule has 0 radical (unpaired) electrons. The zero-order valence-electron chi connectivity index (χ0n) is 15.4. The van der Waals surface area contributed by atoms with E-state index in [0.29, 0.717) is 34.5 Å². The normalized spacial score (nSPS) is 10.8. The van der Waals surface area contributed by atoms with Crippen LogP contribution in [0, 0.1) is 28.4 Å². The molecule has 0 saturated carbocycles. The molecule has 0 fully saturated rings. The Morgan fingerprint density at radius 1 is 1.17 bits per heavy atom. The third-order valence-corrected chi connectivity index (χ3v) is 4.82. The van der Waals surface area contributed by atoms with Gasteiger partial charge in [0.1, 0.15) is 0 Å². The first-order chi connectivity index (χ1) is 14.0. The zero-order valence-corrected chi connectivity index (χ0v) is 15.4. The molecule has 4 aromatic rings. The van der Waals surface area contributed by atoms with Crippen molar-refractivity contribution in [2.24, 2.45) is 0 Å². The molecule has 0 saturated heterocycles. The Morgan fingerprint density at radius 3 is 2.48 bits per heavy atom. The van der Waals surface area contributed by atoms with E-state index in [1.165, 1.54) is 16.6 Å². The maximum absolute atomic E-state index is 13.0. The number of hydrogen-bond donors (Lipinski definition) is 1. The second-order valence-electron chi connectivity index (χ2n) is 6.62. The number of nitrogens with zero attached hydrogens (tertiary/aromatic N) is 4. The minimum absolute atomic E-state index is 0.000370. The van der Waals surface area contributed by atoms with Gasteiger partial charge in [0, 0.05) is 41.6 Å². The first kappa shape index (κ1) is 18.1. The topological polar surface area (TPSA) is 117 Å². The third-order valence-electron chi connectivity index (χ3n) is 4.82. The number of nitrogens with one attached hydrogen (secondary N) is 1. The predicted molar refractivity (Wildman–Crippen MR) is 107 cm³/mol. The van der Waals surface area contributed by atoms with Gasteiger partial charge in [0.15, 0.2) is 5.65 Å². The van der Waals surface area contributed by atoms with Crippen LogP contribution in [0.4, 0.5) is 5.69 Å². The summed E-state index contributed by atoms with van der Waals surface area (Å²) in [5.74, 6) is 0. The molecule has 142 valence electrons. The molecule has 0 atom stereocenters. The fraction of sp³-hybridized carbons (Fsp3) is 0.0952. The van der Waals surface area contributed by atoms with Crippen molar-refractivity contribution in [3.63, 3.8) is 0 Å². The van der Waals surface area contributed by atoms with E-state index in [1.807, 2.05) is 12.1 Å². The fourth-order valence-electron chi connectivity index (χ4n) is 3.24. The van der Waals surface area contributed by atoms with Crippen molar-refractivity contribution in [1.82, 2.24) is 14.6 Å². The number of nitro benzene ring substituents is 1. The monoisotopic (exact) mass is 385 g/mol. The lowest BCUT2D eigenvalue weighted by Crippen LogP contribution is -2.22. The Morgan fingerprint density at radius 2 is 1.86 bits per heavy atom. The van der Waals surface area contributed by atoms with Crippen molar-refractivity contribution >= 4 is 11.3 Å². The zero-order chi connectivity index (χ0) is 20.5. The molecule has 0 aliphatic heterocycles. The molecule has 2 aromatic heterocycles. The van der Waals surface area contributed by atoms with E-state index in [1.54, 1.807) is 37.4 Å². The maximum Gasteiger partial charge on any atom is 0.276 e. The summed E-state index contributed by atoms with van der Waals surface area (Å²) >= 11 is 0. The Kier molecular flexibility index (Phi) is 4.41. The number of nitriles is 1. The number of aryl methyl sites for hydroxylation is 1. The number of H-pyrrole nitrogens is 1. The van der Waals surface area contributed by atoms with Gasteiger partial charge in [0.2, 0.25) is 0 Å². The van der Waals surface area contributed by atoms with E-state index < -0.39 is 4.92 Å². The second-order valence-corrected chi connectivity index (χ2v) is 6.62. The van der Waals surface area contributed by atoms with Crippen molar-refractivity contribution in [3.8, 4) is 17.2 Å². The minimum Gasteiger partial charge on any atom is -0.296 e. The molecule has 0 spiro atoms. The Bertz CT molecular complexity index is 1330. The molecule has 0 unspecified atom stereocenters. The van der Waals surface area contributed by atoms with Crippen LogP contribution in [0.3, 0.4) is 0 Å². The molecule has 8 nitrogen and oxygen atoms in total. The van der Waals surface area contributed by atoms with Gasteiger partial charge in [-0.3, -0.25) is 20.0 Å². The standard InChI is InChI=1S/C21H15N5O3/c1-13-18(10-14-2-4-15(11-22)5-3-14)21(27)25-20(24-13)19(12-23-25)16-6-8-17(9-7-16)26(28)29/h2-9,12,23H,10H2,1H3. The maximum atomic E-state index is 13.0. The summed E-state index contributed by atoms with van der Waals surface area (Å²) in [6.45, 7) is 1.78. The summed E-state index contributed by atoms with van der Waals surface area (Å²) in [7, 11) is 0. The molecule has 2 aromatic carbocycles. The van der Waals surface area contributed by atoms with E-state index in [2.05, 4.69) is 16.2 Å². The molecule has 29 heavy (non-hydrogen) atoms. The van der Waals surface area contributed by atoms with Gasteiger partial charge in [-0.05, 0) is 42.3 Å². The molecule has 8 heteroatoms. The Labute approximate surface area is 164 Å². The van der Waals surface area contributed by atoms with Crippen molar-refractivity contribution < 1.29 is 4.92 Å². The summed E-state index contributed by atoms with van der Waals surface area (Å²) in [4.78, 5) is 28.0. The van der Waals surface area contributed by atoms with Gasteiger partial charge >= 0.3 is 0 Å². The van der Waals surface area contributed by atoms with Crippen molar-refractivity contribution in [3.05, 3.63) is 97.6 Å². The predicted octanol–water partition coefficient (Wildman–Crippen LogP) is 3.37. The molecule has 0 amide bonds. The Hall–Kier alpha value is -4.25. The highest BCUT2D eigenvalue weighted by Crippen LogP contribution is 2.25. The van der Waals surface area contributed by atoms with Gasteiger partial charge < -0.3 is 0 Å². The molecule has 0 bridgehead atoms. The first-order valence-electron chi connectivity index (χ1n) is 8.81. The molecular weight excluding hydrogens is 370 g/mol. The third kappa shape index (κ3) is 3.26. The van der Waals surface area contributed by atoms with Crippen LogP contribution in [0.15, 0.2) is 59.5 Å². The van der Waals surface area contributed by atoms with Crippen molar-refractivity contribution in [2.45, 2.75) is 13.3 Å². The van der Waals surface area contributed by atoms with E-state index in [4.69, 9.17) is 5.26 Å². The SMILES string of the molecule is Cc1nc2c(-c3ccc([N+](=O)[O-])cc3)c[nH]n2c(=O)c1Cc1ccc(C#N)cc1. The smallest absolute Gasteiger partial charge is 0.276 e. The highest BCUT2D eigenvalue weighted by Gasteiger charge is 2.16. The number of nitro groups is 1. The van der Waals surface area contributed by atoms with E-state index in [0.717, 1.165) is 11.1 Å². The number of fused-ring (bicyclic) bond motifs is 1. The van der Waals surface area contributed by atoms with Gasteiger partial charge in [-0.25, -0.2) is 9.50 Å². The average molecular weight is 385 g/mol. The van der Waals surface area contributed by atoms with Crippen LogP contribution < -0.4 is 5.56 Å². The van der Waals surface area contributed by atoms with Gasteiger partial charge in [0.25, 0.3) is 11.2 Å². The summed E-state index contributed by atoms with van der Waals surface area (Å²) in [6, 6.07) is 15.3. The molecule has 0 aliphatic rings. The first-order valence-corrected chi connectivity index (χ1v) is 8.81. The van der Waals surface area contributed by atoms with Crippen molar-refractivity contribution in [2.75, 3.05) is 0 Å². The largest absolute Gasteiger partial charge is 0.296 e. The number of hydrogen-bond acceptors (Lipinski definition) is 5. The molecular formula is C21H15N5O3. The number of aromatic amines is 1. The summed E-state index contributed by atoms with van der Waals surface area (Å²) in [5.41, 5.74) is 4.31. The summed E-state index contributed by atoms with van der Waals surface area (Å²) in [5, 5.41) is 22.7. The van der Waals surface area contributed by atoms with Crippen LogP contribution in [-0.4, -0.2) is 19.5 Å². The number of aromatic nitrogens is 3. The van der Waals surface area contributed by atoms with Crippen LogP contribution in [0.2, 0.25) is 0 Å². The summed E-state index contributed by atoms with van der Waals surface area (Å²) in [6.07, 6.45) is 2.06. The lowest BCUT2D eigenvalue weighted by Gasteiger charge is -2.07. The second kappa shape index (κ2) is 7.05. The Balaban J connectivity index is 1.76. The van der Waals surface area contributed by atoms with E-state index >= 15 is 0 Å². The molecule has 0 aliphatic carbocycles. The summed E-state index contributed by atoms with van der Waals surface area (Å²) < 4.78 is 1.38. The molecule has 1 N–H and O–H groups in total. The minimum atomic E-state index is -0.457.